The molecular formula is C13H25N3O. The molecule has 4 nitrogen and oxygen atoms in total. The molecule has 0 spiro atoms. The van der Waals surface area contributed by atoms with Gasteiger partial charge in [0.15, 0.2) is 0 Å². The number of amides is 1. The summed E-state index contributed by atoms with van der Waals surface area (Å²) in [4.78, 5) is 14.2. The Hall–Kier alpha value is -0.610. The molecule has 2 aliphatic rings. The lowest BCUT2D eigenvalue weighted by Crippen LogP contribution is -2.72. The Morgan fingerprint density at radius 3 is 2.35 bits per heavy atom. The summed E-state index contributed by atoms with van der Waals surface area (Å²) < 4.78 is 0. The minimum absolute atomic E-state index is 0.00370. The summed E-state index contributed by atoms with van der Waals surface area (Å²) in [6.45, 7) is 9.72. The Labute approximate surface area is 104 Å². The first kappa shape index (κ1) is 12.8. The summed E-state index contributed by atoms with van der Waals surface area (Å²) in [5, 5.41) is 3.02. The Morgan fingerprint density at radius 1 is 1.41 bits per heavy atom. The smallest absolute Gasteiger partial charge is 0.237 e. The highest BCUT2D eigenvalue weighted by Gasteiger charge is 2.52. The second-order valence-electron chi connectivity index (χ2n) is 6.83. The SMILES string of the molecule is CC(C(=O)NC(C)(C)C)N1CC(N)(C2CC2)C1. The van der Waals surface area contributed by atoms with Gasteiger partial charge in [-0.05, 0) is 46.5 Å². The zero-order valence-corrected chi connectivity index (χ0v) is 11.4. The van der Waals surface area contributed by atoms with E-state index in [1.54, 1.807) is 0 Å². The van der Waals surface area contributed by atoms with Crippen LogP contribution in [-0.4, -0.2) is 41.0 Å². The summed E-state index contributed by atoms with van der Waals surface area (Å²) in [5.74, 6) is 0.812. The van der Waals surface area contributed by atoms with E-state index in [9.17, 15) is 4.79 Å². The first-order valence-corrected chi connectivity index (χ1v) is 6.56. The van der Waals surface area contributed by atoms with Crippen LogP contribution in [0.25, 0.3) is 0 Å². The zero-order valence-electron chi connectivity index (χ0n) is 11.4. The third kappa shape index (κ3) is 2.80. The van der Waals surface area contributed by atoms with Crippen LogP contribution in [0.3, 0.4) is 0 Å². The molecule has 2 fully saturated rings. The van der Waals surface area contributed by atoms with E-state index in [0.717, 1.165) is 13.1 Å². The molecule has 0 radical (unpaired) electrons. The van der Waals surface area contributed by atoms with Crippen LogP contribution in [0.4, 0.5) is 0 Å². The maximum atomic E-state index is 12.0. The molecule has 3 N–H and O–H groups in total. The lowest BCUT2D eigenvalue weighted by molar-refractivity contribution is -0.130. The van der Waals surface area contributed by atoms with E-state index in [-0.39, 0.29) is 23.0 Å². The molecule has 1 aliphatic carbocycles. The van der Waals surface area contributed by atoms with Gasteiger partial charge in [-0.2, -0.15) is 0 Å². The van der Waals surface area contributed by atoms with Gasteiger partial charge in [0.2, 0.25) is 5.91 Å². The van der Waals surface area contributed by atoms with E-state index in [1.165, 1.54) is 12.8 Å². The van der Waals surface area contributed by atoms with Gasteiger partial charge in [0, 0.05) is 24.2 Å². The van der Waals surface area contributed by atoms with Crippen molar-refractivity contribution in [1.82, 2.24) is 10.2 Å². The van der Waals surface area contributed by atoms with Crippen LogP contribution < -0.4 is 11.1 Å². The quantitative estimate of drug-likeness (QED) is 0.762. The number of nitrogens with one attached hydrogen (secondary N) is 1. The van der Waals surface area contributed by atoms with Gasteiger partial charge >= 0.3 is 0 Å². The van der Waals surface area contributed by atoms with Gasteiger partial charge in [-0.25, -0.2) is 0 Å². The number of carbonyl (C=O) groups is 1. The number of nitrogens with two attached hydrogens (primary N) is 1. The van der Waals surface area contributed by atoms with E-state index < -0.39 is 0 Å². The fraction of sp³-hybridized carbons (Fsp3) is 0.923. The first-order valence-electron chi connectivity index (χ1n) is 6.56. The largest absolute Gasteiger partial charge is 0.350 e. The van der Waals surface area contributed by atoms with Gasteiger partial charge in [-0.1, -0.05) is 0 Å². The Kier molecular flexibility index (Phi) is 2.99. The Morgan fingerprint density at radius 2 is 1.94 bits per heavy atom. The van der Waals surface area contributed by atoms with Gasteiger partial charge in [0.05, 0.1) is 6.04 Å². The van der Waals surface area contributed by atoms with Crippen LogP contribution in [0.5, 0.6) is 0 Å². The van der Waals surface area contributed by atoms with Gasteiger partial charge in [-0.3, -0.25) is 9.69 Å². The molecular weight excluding hydrogens is 214 g/mol. The summed E-state index contributed by atoms with van der Waals surface area (Å²) >= 11 is 0. The lowest BCUT2D eigenvalue weighted by atomic mass is 9.84. The van der Waals surface area contributed by atoms with Crippen LogP contribution in [0.2, 0.25) is 0 Å². The number of hydrogen-bond acceptors (Lipinski definition) is 3. The molecule has 98 valence electrons. The third-order valence-corrected chi connectivity index (χ3v) is 3.81. The van der Waals surface area contributed by atoms with Crippen LogP contribution in [-0.2, 0) is 4.79 Å². The van der Waals surface area contributed by atoms with Crippen molar-refractivity contribution < 1.29 is 4.79 Å². The minimum Gasteiger partial charge on any atom is -0.350 e. The summed E-state index contributed by atoms with van der Waals surface area (Å²) in [7, 11) is 0. The maximum absolute atomic E-state index is 12.0. The van der Waals surface area contributed by atoms with Crippen LogP contribution in [0.15, 0.2) is 0 Å². The second-order valence-corrected chi connectivity index (χ2v) is 6.83. The molecule has 0 aromatic rings. The molecule has 1 aliphatic heterocycles. The highest BCUT2D eigenvalue weighted by molar-refractivity contribution is 5.82. The third-order valence-electron chi connectivity index (χ3n) is 3.81. The second kappa shape index (κ2) is 3.95. The number of carbonyl (C=O) groups excluding carboxylic acids is 1. The highest BCUT2D eigenvalue weighted by atomic mass is 16.2. The van der Waals surface area contributed by atoms with Crippen LogP contribution >= 0.6 is 0 Å². The van der Waals surface area contributed by atoms with Gasteiger partial charge in [0.25, 0.3) is 0 Å². The van der Waals surface area contributed by atoms with Crippen molar-refractivity contribution in [1.29, 1.82) is 0 Å². The zero-order chi connectivity index (χ0) is 12.8. The molecule has 0 aromatic carbocycles. The van der Waals surface area contributed by atoms with Gasteiger partial charge in [-0.15, -0.1) is 0 Å². The molecule has 1 atom stereocenters. The normalized spacial score (nSPS) is 26.2. The fourth-order valence-electron chi connectivity index (χ4n) is 2.54. The van der Waals surface area contributed by atoms with Crippen LogP contribution in [0, 0.1) is 5.92 Å². The van der Waals surface area contributed by atoms with Crippen LogP contribution in [0.1, 0.15) is 40.5 Å². The Balaban J connectivity index is 1.82. The van der Waals surface area contributed by atoms with E-state index in [4.69, 9.17) is 5.73 Å². The Bertz CT molecular complexity index is 311. The number of likely N-dealkylation sites (tertiary alicyclic amines) is 1. The van der Waals surface area contributed by atoms with Crippen molar-refractivity contribution >= 4 is 5.91 Å². The number of rotatable bonds is 3. The number of nitrogens with zero attached hydrogens (tertiary/aromatic N) is 1. The molecule has 1 saturated carbocycles. The van der Waals surface area contributed by atoms with Gasteiger partial charge < -0.3 is 11.1 Å². The summed E-state index contributed by atoms with van der Waals surface area (Å²) in [6.07, 6.45) is 2.54. The van der Waals surface area contributed by atoms with E-state index in [2.05, 4.69) is 10.2 Å². The summed E-state index contributed by atoms with van der Waals surface area (Å²) in [5.41, 5.74) is 6.13. The molecule has 0 bridgehead atoms. The molecule has 2 rings (SSSR count). The molecule has 1 heterocycles. The topological polar surface area (TPSA) is 58.4 Å². The number of hydrogen-bond donors (Lipinski definition) is 2. The van der Waals surface area contributed by atoms with Crippen molar-refractivity contribution in [2.24, 2.45) is 11.7 Å². The first-order chi connectivity index (χ1) is 7.71. The molecule has 1 saturated heterocycles. The molecule has 1 unspecified atom stereocenters. The highest BCUT2D eigenvalue weighted by Crippen LogP contribution is 2.43. The molecule has 4 heteroatoms. The van der Waals surface area contributed by atoms with Gasteiger partial charge in [0.1, 0.15) is 0 Å². The standard InChI is InChI=1S/C13H25N3O/c1-9(11(17)15-12(2,3)4)16-7-13(14,8-16)10-5-6-10/h9-10H,5-8,14H2,1-4H3,(H,15,17). The lowest BCUT2D eigenvalue weighted by Gasteiger charge is -2.50. The van der Waals surface area contributed by atoms with E-state index >= 15 is 0 Å². The van der Waals surface area contributed by atoms with Crippen molar-refractivity contribution in [2.75, 3.05) is 13.1 Å². The average Bonchev–Trinajstić information content (AvgIpc) is 2.91. The molecule has 0 aromatic heterocycles. The van der Waals surface area contributed by atoms with Crippen molar-refractivity contribution in [3.8, 4) is 0 Å². The predicted octanol–water partition coefficient (Wildman–Crippen LogP) is 0.713. The monoisotopic (exact) mass is 239 g/mol. The predicted molar refractivity (Wildman–Crippen MR) is 68.6 cm³/mol. The average molecular weight is 239 g/mol. The summed E-state index contributed by atoms with van der Waals surface area (Å²) in [6, 6.07) is -0.0651. The molecule has 1 amide bonds. The van der Waals surface area contributed by atoms with Crippen molar-refractivity contribution in [2.45, 2.75) is 57.7 Å². The van der Waals surface area contributed by atoms with Crippen molar-refractivity contribution in [3.05, 3.63) is 0 Å². The minimum atomic E-state index is -0.160. The fourth-order valence-corrected chi connectivity index (χ4v) is 2.54. The van der Waals surface area contributed by atoms with E-state index in [0.29, 0.717) is 5.92 Å². The maximum Gasteiger partial charge on any atom is 0.237 e. The van der Waals surface area contributed by atoms with Crippen molar-refractivity contribution in [3.63, 3.8) is 0 Å². The molecule has 17 heavy (non-hydrogen) atoms. The van der Waals surface area contributed by atoms with E-state index in [1.807, 2.05) is 27.7 Å².